The largest absolute Gasteiger partial charge is 0.344 e. The van der Waals surface area contributed by atoms with Crippen molar-refractivity contribution in [1.29, 1.82) is 0 Å². The van der Waals surface area contributed by atoms with Gasteiger partial charge < -0.3 is 15.1 Å². The summed E-state index contributed by atoms with van der Waals surface area (Å²) in [6, 6.07) is 13.6. The maximum absolute atomic E-state index is 14.1. The fraction of sp³-hybridized carbons (Fsp3) is 0.346. The summed E-state index contributed by atoms with van der Waals surface area (Å²) in [6.45, 7) is 5.32. The van der Waals surface area contributed by atoms with Gasteiger partial charge in [-0.2, -0.15) is 0 Å². The predicted octanol–water partition coefficient (Wildman–Crippen LogP) is 2.79. The number of amides is 3. The Morgan fingerprint density at radius 2 is 1.88 bits per heavy atom. The van der Waals surface area contributed by atoms with Crippen LogP contribution in [0.25, 0.3) is 11.1 Å². The first-order valence-corrected chi connectivity index (χ1v) is 11.3. The number of carbonyl (C=O) groups is 3. The van der Waals surface area contributed by atoms with Crippen LogP contribution < -0.4 is 5.32 Å². The number of hydrogen-bond acceptors (Lipinski definition) is 3. The first-order chi connectivity index (χ1) is 16.0. The van der Waals surface area contributed by atoms with Gasteiger partial charge in [0.05, 0.1) is 5.92 Å². The standard InChI is InChI=1S/C26H28FN3O3/c1-2-13-29-14-15-30(26(33)23-11-12-24(31)28-23)17-20(25(29)32)16-18-7-9-19(10-8-18)21-5-3-4-6-22(21)27/h2-10,20,23H,1,11-17H2,(H,28,31)/t20-,23+/m0/s1. The molecule has 2 atom stereocenters. The van der Waals surface area contributed by atoms with Crippen LogP contribution in [0.15, 0.2) is 61.2 Å². The van der Waals surface area contributed by atoms with E-state index in [4.69, 9.17) is 0 Å². The molecule has 33 heavy (non-hydrogen) atoms. The van der Waals surface area contributed by atoms with E-state index in [0.717, 1.165) is 11.1 Å². The second-order valence-electron chi connectivity index (χ2n) is 8.59. The van der Waals surface area contributed by atoms with Gasteiger partial charge in [0, 0.05) is 38.2 Å². The molecule has 6 nitrogen and oxygen atoms in total. The molecule has 2 fully saturated rings. The summed E-state index contributed by atoms with van der Waals surface area (Å²) >= 11 is 0. The van der Waals surface area contributed by atoms with Gasteiger partial charge in [0.2, 0.25) is 17.7 Å². The number of rotatable bonds is 6. The first kappa shape index (κ1) is 22.7. The Bertz CT molecular complexity index is 1050. The fourth-order valence-corrected chi connectivity index (χ4v) is 4.55. The van der Waals surface area contributed by atoms with E-state index in [9.17, 15) is 18.8 Å². The zero-order valence-electron chi connectivity index (χ0n) is 18.5. The van der Waals surface area contributed by atoms with Crippen molar-refractivity contribution in [3.63, 3.8) is 0 Å². The molecule has 0 saturated carbocycles. The molecule has 0 bridgehead atoms. The Morgan fingerprint density at radius 3 is 2.55 bits per heavy atom. The van der Waals surface area contributed by atoms with Crippen molar-refractivity contribution in [1.82, 2.24) is 15.1 Å². The van der Waals surface area contributed by atoms with E-state index in [2.05, 4.69) is 11.9 Å². The molecule has 2 aliphatic heterocycles. The summed E-state index contributed by atoms with van der Waals surface area (Å²) in [6.07, 6.45) is 2.99. The van der Waals surface area contributed by atoms with Crippen LogP contribution in [0.4, 0.5) is 4.39 Å². The third-order valence-corrected chi connectivity index (χ3v) is 6.32. The highest BCUT2D eigenvalue weighted by molar-refractivity contribution is 5.91. The molecule has 2 aromatic rings. The van der Waals surface area contributed by atoms with Crippen molar-refractivity contribution >= 4 is 17.7 Å². The van der Waals surface area contributed by atoms with Crippen molar-refractivity contribution in [2.45, 2.75) is 25.3 Å². The normalized spacial score (nSPS) is 21.0. The van der Waals surface area contributed by atoms with E-state index < -0.39 is 12.0 Å². The van der Waals surface area contributed by atoms with E-state index in [1.807, 2.05) is 24.3 Å². The third-order valence-electron chi connectivity index (χ3n) is 6.32. The summed E-state index contributed by atoms with van der Waals surface area (Å²) < 4.78 is 14.1. The van der Waals surface area contributed by atoms with Gasteiger partial charge in [-0.25, -0.2) is 4.39 Å². The summed E-state index contributed by atoms with van der Waals surface area (Å²) in [5.74, 6) is -0.947. The highest BCUT2D eigenvalue weighted by Crippen LogP contribution is 2.25. The SMILES string of the molecule is C=CCN1CCN(C(=O)[C@H]2CCC(=O)N2)C[C@H](Cc2ccc(-c3ccccc3F)cc2)C1=O. The van der Waals surface area contributed by atoms with Gasteiger partial charge in [-0.3, -0.25) is 14.4 Å². The number of benzene rings is 2. The second kappa shape index (κ2) is 9.98. The van der Waals surface area contributed by atoms with E-state index in [0.29, 0.717) is 51.0 Å². The van der Waals surface area contributed by atoms with Crippen molar-refractivity contribution in [2.75, 3.05) is 26.2 Å². The molecule has 2 aromatic carbocycles. The molecule has 4 rings (SSSR count). The van der Waals surface area contributed by atoms with Crippen molar-refractivity contribution < 1.29 is 18.8 Å². The topological polar surface area (TPSA) is 69.7 Å². The maximum Gasteiger partial charge on any atom is 0.245 e. The smallest absolute Gasteiger partial charge is 0.245 e. The molecule has 0 aliphatic carbocycles. The molecule has 7 heteroatoms. The minimum Gasteiger partial charge on any atom is -0.344 e. The Labute approximate surface area is 193 Å². The lowest BCUT2D eigenvalue weighted by Gasteiger charge is -2.26. The molecule has 172 valence electrons. The average Bonchev–Trinajstić information content (AvgIpc) is 3.20. The molecule has 3 amide bonds. The van der Waals surface area contributed by atoms with Crippen LogP contribution in [0, 0.1) is 11.7 Å². The minimum atomic E-state index is -0.515. The average molecular weight is 450 g/mol. The van der Waals surface area contributed by atoms with Gasteiger partial charge in [0.15, 0.2) is 0 Å². The van der Waals surface area contributed by atoms with Crippen LogP contribution in [-0.4, -0.2) is 59.7 Å². The molecule has 1 N–H and O–H groups in total. The van der Waals surface area contributed by atoms with E-state index in [-0.39, 0.29) is 23.5 Å². The summed E-state index contributed by atoms with van der Waals surface area (Å²) in [7, 11) is 0. The van der Waals surface area contributed by atoms with E-state index in [1.54, 1.807) is 34.1 Å². The van der Waals surface area contributed by atoms with Crippen molar-refractivity contribution in [2.24, 2.45) is 5.92 Å². The van der Waals surface area contributed by atoms with Gasteiger partial charge >= 0.3 is 0 Å². The second-order valence-corrected chi connectivity index (χ2v) is 8.59. The quantitative estimate of drug-likeness (QED) is 0.690. The van der Waals surface area contributed by atoms with Crippen molar-refractivity contribution in [3.05, 3.63) is 72.6 Å². The zero-order valence-corrected chi connectivity index (χ0v) is 18.5. The Balaban J connectivity index is 1.52. The Kier molecular flexibility index (Phi) is 6.87. The highest BCUT2D eigenvalue weighted by atomic mass is 19.1. The number of hydrogen-bond donors (Lipinski definition) is 1. The van der Waals surface area contributed by atoms with Crippen LogP contribution in [-0.2, 0) is 20.8 Å². The Morgan fingerprint density at radius 1 is 1.12 bits per heavy atom. The molecule has 2 aliphatic rings. The first-order valence-electron chi connectivity index (χ1n) is 11.3. The molecule has 0 radical (unpaired) electrons. The van der Waals surface area contributed by atoms with Gasteiger partial charge in [-0.15, -0.1) is 6.58 Å². The van der Waals surface area contributed by atoms with Crippen molar-refractivity contribution in [3.8, 4) is 11.1 Å². The predicted molar refractivity (Wildman–Crippen MR) is 124 cm³/mol. The lowest BCUT2D eigenvalue weighted by atomic mass is 9.95. The summed E-state index contributed by atoms with van der Waals surface area (Å²) in [5, 5.41) is 2.73. The van der Waals surface area contributed by atoms with Crippen LogP contribution in [0.3, 0.4) is 0 Å². The molecule has 0 unspecified atom stereocenters. The molecule has 0 spiro atoms. The lowest BCUT2D eigenvalue weighted by molar-refractivity contribution is -0.136. The van der Waals surface area contributed by atoms with Gasteiger partial charge in [-0.05, 0) is 30.0 Å². The molecular formula is C26H28FN3O3. The van der Waals surface area contributed by atoms with Crippen LogP contribution in [0.1, 0.15) is 18.4 Å². The number of halogens is 1. The van der Waals surface area contributed by atoms with Gasteiger partial charge in [0.1, 0.15) is 11.9 Å². The number of nitrogens with one attached hydrogen (secondary N) is 1. The number of carbonyl (C=O) groups excluding carboxylic acids is 3. The van der Waals surface area contributed by atoms with Crippen LogP contribution >= 0.6 is 0 Å². The third kappa shape index (κ3) is 5.13. The molecule has 2 saturated heterocycles. The van der Waals surface area contributed by atoms with Gasteiger partial charge in [-0.1, -0.05) is 48.5 Å². The van der Waals surface area contributed by atoms with Gasteiger partial charge in [0.25, 0.3) is 0 Å². The Hall–Kier alpha value is -3.48. The maximum atomic E-state index is 14.1. The van der Waals surface area contributed by atoms with E-state index >= 15 is 0 Å². The molecule has 0 aromatic heterocycles. The van der Waals surface area contributed by atoms with Crippen LogP contribution in [0.2, 0.25) is 0 Å². The fourth-order valence-electron chi connectivity index (χ4n) is 4.55. The monoisotopic (exact) mass is 449 g/mol. The minimum absolute atomic E-state index is 0.0150. The molecule has 2 heterocycles. The molecular weight excluding hydrogens is 421 g/mol. The number of nitrogens with zero attached hydrogens (tertiary/aromatic N) is 2. The highest BCUT2D eigenvalue weighted by Gasteiger charge is 2.36. The lowest BCUT2D eigenvalue weighted by Crippen LogP contribution is -2.46. The summed E-state index contributed by atoms with van der Waals surface area (Å²) in [4.78, 5) is 41.3. The van der Waals surface area contributed by atoms with E-state index in [1.165, 1.54) is 6.07 Å². The zero-order chi connectivity index (χ0) is 23.4. The van der Waals surface area contributed by atoms with Crippen LogP contribution in [0.5, 0.6) is 0 Å². The summed E-state index contributed by atoms with van der Waals surface area (Å²) in [5.41, 5.74) is 2.24.